The quantitative estimate of drug-likeness (QED) is 0.662. The molecule has 0 atom stereocenters. The second-order valence-electron chi connectivity index (χ2n) is 4.37. The average Bonchev–Trinajstić information content (AvgIpc) is 2.38. The molecule has 1 aromatic rings. The summed E-state index contributed by atoms with van der Waals surface area (Å²) in [5.41, 5.74) is 1.34. The second-order valence-corrected chi connectivity index (χ2v) is 4.37. The zero-order valence-corrected chi connectivity index (χ0v) is 11.2. The van der Waals surface area contributed by atoms with Gasteiger partial charge in [-0.1, -0.05) is 31.9 Å². The molecule has 96 valence electrons. The van der Waals surface area contributed by atoms with Crippen LogP contribution in [0.25, 0.3) is 0 Å². The third-order valence-electron chi connectivity index (χ3n) is 2.90. The van der Waals surface area contributed by atoms with Crippen molar-refractivity contribution in [3.8, 4) is 5.75 Å². The van der Waals surface area contributed by atoms with Crippen molar-refractivity contribution in [2.45, 2.75) is 39.0 Å². The van der Waals surface area contributed by atoms with Gasteiger partial charge in [0.15, 0.2) is 0 Å². The van der Waals surface area contributed by atoms with Gasteiger partial charge in [0.2, 0.25) is 0 Å². The maximum atomic E-state index is 5.74. The molecule has 0 spiro atoms. The van der Waals surface area contributed by atoms with Crippen LogP contribution in [0.5, 0.6) is 5.75 Å². The number of hydrogen-bond acceptors (Lipinski definition) is 2. The van der Waals surface area contributed by atoms with Crippen molar-refractivity contribution in [1.29, 1.82) is 0 Å². The van der Waals surface area contributed by atoms with E-state index in [1.165, 1.54) is 24.8 Å². The molecule has 0 radical (unpaired) electrons. The molecule has 2 nitrogen and oxygen atoms in total. The first kappa shape index (κ1) is 14.0. The summed E-state index contributed by atoms with van der Waals surface area (Å²) in [4.78, 5) is 0. The fraction of sp³-hybridized carbons (Fsp3) is 0.600. The molecule has 1 N–H and O–H groups in total. The van der Waals surface area contributed by atoms with Crippen LogP contribution in [0.3, 0.4) is 0 Å². The van der Waals surface area contributed by atoms with Gasteiger partial charge in [0.25, 0.3) is 0 Å². The van der Waals surface area contributed by atoms with Crippen LogP contribution in [0.15, 0.2) is 24.3 Å². The molecule has 0 aliphatic carbocycles. The zero-order valence-electron chi connectivity index (χ0n) is 11.2. The molecule has 0 heterocycles. The molecule has 1 aromatic carbocycles. The fourth-order valence-corrected chi connectivity index (χ4v) is 1.80. The summed E-state index contributed by atoms with van der Waals surface area (Å²) in [6.45, 7) is 4.13. The van der Waals surface area contributed by atoms with Crippen LogP contribution in [-0.2, 0) is 6.42 Å². The Hall–Kier alpha value is -1.02. The normalized spacial score (nSPS) is 10.5. The number of ether oxygens (including phenoxy) is 1. The average molecular weight is 235 g/mol. The Labute approximate surface area is 105 Å². The molecule has 0 bridgehead atoms. The van der Waals surface area contributed by atoms with Gasteiger partial charge in [-0.3, -0.25) is 0 Å². The molecule has 0 aromatic heterocycles. The summed E-state index contributed by atoms with van der Waals surface area (Å²) in [6, 6.07) is 8.40. The molecule has 0 amide bonds. The van der Waals surface area contributed by atoms with E-state index in [0.29, 0.717) is 0 Å². The standard InChI is InChI=1S/C15H25NO/c1-3-14-9-8-10-15(13-14)17-12-7-5-4-6-11-16-2/h8-10,13,16H,3-7,11-12H2,1-2H3. The topological polar surface area (TPSA) is 21.3 Å². The van der Waals surface area contributed by atoms with Crippen LogP contribution < -0.4 is 10.1 Å². The maximum absolute atomic E-state index is 5.74. The minimum atomic E-state index is 0.840. The van der Waals surface area contributed by atoms with E-state index in [0.717, 1.165) is 31.7 Å². The Morgan fingerprint density at radius 1 is 1.12 bits per heavy atom. The molecule has 0 unspecified atom stereocenters. The van der Waals surface area contributed by atoms with Crippen LogP contribution in [0.2, 0.25) is 0 Å². The summed E-state index contributed by atoms with van der Waals surface area (Å²) in [5.74, 6) is 1.01. The van der Waals surface area contributed by atoms with Gasteiger partial charge in [0.05, 0.1) is 6.61 Å². The van der Waals surface area contributed by atoms with Gasteiger partial charge in [0.1, 0.15) is 5.75 Å². The third kappa shape index (κ3) is 6.32. The molecule has 17 heavy (non-hydrogen) atoms. The second kappa shape index (κ2) is 9.06. The van der Waals surface area contributed by atoms with Crippen molar-refractivity contribution in [2.75, 3.05) is 20.2 Å². The van der Waals surface area contributed by atoms with Crippen LogP contribution in [0.1, 0.15) is 38.2 Å². The van der Waals surface area contributed by atoms with Gasteiger partial charge in [-0.2, -0.15) is 0 Å². The third-order valence-corrected chi connectivity index (χ3v) is 2.90. The van der Waals surface area contributed by atoms with Crippen molar-refractivity contribution in [1.82, 2.24) is 5.32 Å². The molecular formula is C15H25NO. The van der Waals surface area contributed by atoms with E-state index in [4.69, 9.17) is 4.74 Å². The summed E-state index contributed by atoms with van der Waals surface area (Å²) < 4.78 is 5.74. The predicted molar refractivity (Wildman–Crippen MR) is 73.7 cm³/mol. The predicted octanol–water partition coefficient (Wildman–Crippen LogP) is 3.41. The molecule has 0 saturated carbocycles. The van der Waals surface area contributed by atoms with Gasteiger partial charge in [-0.15, -0.1) is 0 Å². The Morgan fingerprint density at radius 3 is 2.71 bits per heavy atom. The summed E-state index contributed by atoms with van der Waals surface area (Å²) in [5, 5.41) is 3.17. The van der Waals surface area contributed by atoms with Crippen molar-refractivity contribution in [3.05, 3.63) is 29.8 Å². The smallest absolute Gasteiger partial charge is 0.119 e. The summed E-state index contributed by atoms with van der Waals surface area (Å²) in [7, 11) is 2.00. The van der Waals surface area contributed by atoms with Gasteiger partial charge in [-0.05, 0) is 50.6 Å². The monoisotopic (exact) mass is 235 g/mol. The number of aryl methyl sites for hydroxylation is 1. The SMILES string of the molecule is CCc1cccc(OCCCCCCNC)c1. The van der Waals surface area contributed by atoms with Gasteiger partial charge in [0, 0.05) is 0 Å². The number of unbranched alkanes of at least 4 members (excludes halogenated alkanes) is 3. The highest BCUT2D eigenvalue weighted by molar-refractivity contribution is 5.28. The van der Waals surface area contributed by atoms with E-state index in [-0.39, 0.29) is 0 Å². The van der Waals surface area contributed by atoms with Crippen LogP contribution in [-0.4, -0.2) is 20.2 Å². The first-order valence-corrected chi connectivity index (χ1v) is 6.73. The molecule has 0 aliphatic rings. The largest absolute Gasteiger partial charge is 0.494 e. The highest BCUT2D eigenvalue weighted by Gasteiger charge is 1.95. The zero-order chi connectivity index (χ0) is 12.3. The molecule has 1 rings (SSSR count). The minimum absolute atomic E-state index is 0.840. The highest BCUT2D eigenvalue weighted by atomic mass is 16.5. The molecule has 2 heteroatoms. The van der Waals surface area contributed by atoms with Crippen molar-refractivity contribution >= 4 is 0 Å². The Balaban J connectivity index is 2.09. The number of benzene rings is 1. The van der Waals surface area contributed by atoms with Crippen molar-refractivity contribution < 1.29 is 4.74 Å². The molecule has 0 aliphatic heterocycles. The lowest BCUT2D eigenvalue weighted by Crippen LogP contribution is -2.07. The summed E-state index contributed by atoms with van der Waals surface area (Å²) in [6.07, 6.45) is 6.04. The first-order chi connectivity index (χ1) is 8.36. The maximum Gasteiger partial charge on any atom is 0.119 e. The lowest BCUT2D eigenvalue weighted by atomic mass is 10.1. The lowest BCUT2D eigenvalue weighted by Gasteiger charge is -2.07. The summed E-state index contributed by atoms with van der Waals surface area (Å²) >= 11 is 0. The van der Waals surface area contributed by atoms with Gasteiger partial charge < -0.3 is 10.1 Å². The van der Waals surface area contributed by atoms with E-state index >= 15 is 0 Å². The highest BCUT2D eigenvalue weighted by Crippen LogP contribution is 2.14. The van der Waals surface area contributed by atoms with Crippen LogP contribution in [0, 0.1) is 0 Å². The Kier molecular flexibility index (Phi) is 7.48. The van der Waals surface area contributed by atoms with Crippen molar-refractivity contribution in [2.24, 2.45) is 0 Å². The molecule has 0 saturated heterocycles. The lowest BCUT2D eigenvalue weighted by molar-refractivity contribution is 0.304. The minimum Gasteiger partial charge on any atom is -0.494 e. The number of rotatable bonds is 9. The Bertz CT molecular complexity index is 299. The fourth-order valence-electron chi connectivity index (χ4n) is 1.80. The first-order valence-electron chi connectivity index (χ1n) is 6.73. The van der Waals surface area contributed by atoms with E-state index < -0.39 is 0 Å². The van der Waals surface area contributed by atoms with E-state index in [2.05, 4.69) is 30.4 Å². The van der Waals surface area contributed by atoms with E-state index in [1.807, 2.05) is 13.1 Å². The van der Waals surface area contributed by atoms with Crippen LogP contribution in [0.4, 0.5) is 0 Å². The molecular weight excluding hydrogens is 210 g/mol. The van der Waals surface area contributed by atoms with Crippen LogP contribution >= 0.6 is 0 Å². The van der Waals surface area contributed by atoms with E-state index in [9.17, 15) is 0 Å². The van der Waals surface area contributed by atoms with Gasteiger partial charge >= 0.3 is 0 Å². The number of hydrogen-bond donors (Lipinski definition) is 1. The molecule has 0 fully saturated rings. The van der Waals surface area contributed by atoms with E-state index in [1.54, 1.807) is 0 Å². The number of nitrogens with one attached hydrogen (secondary N) is 1. The Morgan fingerprint density at radius 2 is 1.94 bits per heavy atom. The van der Waals surface area contributed by atoms with Gasteiger partial charge in [-0.25, -0.2) is 0 Å². The van der Waals surface area contributed by atoms with Crippen molar-refractivity contribution in [3.63, 3.8) is 0 Å².